The quantitative estimate of drug-likeness (QED) is 0.838. The van der Waals surface area contributed by atoms with E-state index in [9.17, 15) is 4.79 Å². The van der Waals surface area contributed by atoms with E-state index in [1.54, 1.807) is 11.0 Å². The van der Waals surface area contributed by atoms with E-state index in [4.69, 9.17) is 5.73 Å². The van der Waals surface area contributed by atoms with Crippen molar-refractivity contribution in [2.24, 2.45) is 0 Å². The Morgan fingerprint density at radius 3 is 2.28 bits per heavy atom. The van der Waals surface area contributed by atoms with E-state index in [1.165, 1.54) is 0 Å². The van der Waals surface area contributed by atoms with Gasteiger partial charge in [0.25, 0.3) is 5.91 Å². The molecule has 1 amide bonds. The topological polar surface area (TPSA) is 46.3 Å². The molecule has 0 saturated carbocycles. The first-order valence-corrected chi connectivity index (χ1v) is 5.95. The maximum Gasteiger partial charge on any atom is 0.258 e. The third-order valence-electron chi connectivity index (χ3n) is 2.81. The van der Waals surface area contributed by atoms with Crippen LogP contribution in [0.3, 0.4) is 0 Å². The lowest BCUT2D eigenvalue weighted by atomic mass is 10.1. The first-order chi connectivity index (χ1) is 8.74. The van der Waals surface area contributed by atoms with Crippen molar-refractivity contribution in [2.75, 3.05) is 17.2 Å². The Balaban J connectivity index is 2.36. The summed E-state index contributed by atoms with van der Waals surface area (Å²) in [5.74, 6) is -0.0315. The first-order valence-electron chi connectivity index (χ1n) is 5.95. The number of nitrogens with two attached hydrogens (primary N) is 1. The second kappa shape index (κ2) is 5.36. The lowest BCUT2D eigenvalue weighted by Crippen LogP contribution is -2.31. The number of anilines is 2. The van der Waals surface area contributed by atoms with Crippen molar-refractivity contribution in [1.29, 1.82) is 0 Å². The van der Waals surface area contributed by atoms with Gasteiger partial charge in [0.15, 0.2) is 0 Å². The van der Waals surface area contributed by atoms with E-state index in [0.29, 0.717) is 17.8 Å². The minimum Gasteiger partial charge on any atom is -0.397 e. The van der Waals surface area contributed by atoms with E-state index in [-0.39, 0.29) is 5.91 Å². The zero-order valence-electron chi connectivity index (χ0n) is 10.3. The van der Waals surface area contributed by atoms with Crippen LogP contribution < -0.4 is 10.6 Å². The Hall–Kier alpha value is -2.29. The van der Waals surface area contributed by atoms with E-state index in [0.717, 1.165) is 5.69 Å². The molecule has 0 heterocycles. The number of rotatable bonds is 3. The molecule has 0 aliphatic rings. The van der Waals surface area contributed by atoms with Crippen LogP contribution in [0.2, 0.25) is 0 Å². The summed E-state index contributed by atoms with van der Waals surface area (Å²) < 4.78 is 0. The number of carbonyl (C=O) groups is 1. The SMILES string of the molecule is CCN(C(=O)c1ccccc1)c1ccccc1N. The van der Waals surface area contributed by atoms with Gasteiger partial charge in [0, 0.05) is 12.1 Å². The zero-order valence-corrected chi connectivity index (χ0v) is 10.3. The average molecular weight is 240 g/mol. The maximum atomic E-state index is 12.4. The molecule has 18 heavy (non-hydrogen) atoms. The van der Waals surface area contributed by atoms with E-state index in [2.05, 4.69) is 0 Å². The Kier molecular flexibility index (Phi) is 3.63. The molecule has 2 aromatic carbocycles. The van der Waals surface area contributed by atoms with Crippen LogP contribution in [0.4, 0.5) is 11.4 Å². The van der Waals surface area contributed by atoms with Gasteiger partial charge in [0.05, 0.1) is 11.4 Å². The Morgan fingerprint density at radius 1 is 1.06 bits per heavy atom. The number of para-hydroxylation sites is 2. The summed E-state index contributed by atoms with van der Waals surface area (Å²) in [5.41, 5.74) is 7.96. The van der Waals surface area contributed by atoms with Crippen molar-refractivity contribution in [3.05, 3.63) is 60.2 Å². The number of hydrogen-bond donors (Lipinski definition) is 1. The molecule has 92 valence electrons. The molecule has 2 rings (SSSR count). The van der Waals surface area contributed by atoms with Crippen LogP contribution in [0.15, 0.2) is 54.6 Å². The van der Waals surface area contributed by atoms with Gasteiger partial charge in [0.2, 0.25) is 0 Å². The van der Waals surface area contributed by atoms with Crippen LogP contribution in [0.1, 0.15) is 17.3 Å². The van der Waals surface area contributed by atoms with Gasteiger partial charge in [-0.3, -0.25) is 4.79 Å². The highest BCUT2D eigenvalue weighted by molar-refractivity contribution is 6.07. The average Bonchev–Trinajstić information content (AvgIpc) is 2.42. The number of carbonyl (C=O) groups excluding carboxylic acids is 1. The van der Waals surface area contributed by atoms with Crippen LogP contribution in [-0.2, 0) is 0 Å². The molecule has 2 aromatic rings. The molecule has 3 nitrogen and oxygen atoms in total. The summed E-state index contributed by atoms with van der Waals surface area (Å²) in [6.45, 7) is 2.52. The predicted molar refractivity (Wildman–Crippen MR) is 74.6 cm³/mol. The van der Waals surface area contributed by atoms with E-state index < -0.39 is 0 Å². The van der Waals surface area contributed by atoms with Crippen molar-refractivity contribution < 1.29 is 4.79 Å². The normalized spacial score (nSPS) is 10.1. The fourth-order valence-electron chi connectivity index (χ4n) is 1.89. The molecule has 0 aliphatic carbocycles. The summed E-state index contributed by atoms with van der Waals surface area (Å²) >= 11 is 0. The minimum absolute atomic E-state index is 0.0315. The number of hydrogen-bond acceptors (Lipinski definition) is 2. The second-order valence-electron chi connectivity index (χ2n) is 3.97. The van der Waals surface area contributed by atoms with Crippen LogP contribution in [0, 0.1) is 0 Å². The number of benzene rings is 2. The van der Waals surface area contributed by atoms with Gasteiger partial charge < -0.3 is 10.6 Å². The number of nitrogens with zero attached hydrogens (tertiary/aromatic N) is 1. The van der Waals surface area contributed by atoms with Gasteiger partial charge in [-0.15, -0.1) is 0 Å². The Labute approximate surface area is 107 Å². The van der Waals surface area contributed by atoms with Crippen molar-refractivity contribution in [1.82, 2.24) is 0 Å². The second-order valence-corrected chi connectivity index (χ2v) is 3.97. The smallest absolute Gasteiger partial charge is 0.258 e. The van der Waals surface area contributed by atoms with Gasteiger partial charge >= 0.3 is 0 Å². The Bertz CT molecular complexity index is 537. The van der Waals surface area contributed by atoms with Crippen molar-refractivity contribution in [3.63, 3.8) is 0 Å². The molecule has 0 aromatic heterocycles. The van der Waals surface area contributed by atoms with Crippen molar-refractivity contribution >= 4 is 17.3 Å². The summed E-state index contributed by atoms with van der Waals surface area (Å²) in [6, 6.07) is 16.6. The van der Waals surface area contributed by atoms with E-state index in [1.807, 2.05) is 55.5 Å². The van der Waals surface area contributed by atoms with Crippen molar-refractivity contribution in [3.8, 4) is 0 Å². The van der Waals surface area contributed by atoms with Crippen LogP contribution in [0.25, 0.3) is 0 Å². The predicted octanol–water partition coefficient (Wildman–Crippen LogP) is 2.94. The van der Waals surface area contributed by atoms with Crippen LogP contribution in [0.5, 0.6) is 0 Å². The molecule has 2 N–H and O–H groups in total. The third-order valence-corrected chi connectivity index (χ3v) is 2.81. The highest BCUT2D eigenvalue weighted by Gasteiger charge is 2.17. The summed E-state index contributed by atoms with van der Waals surface area (Å²) in [6.07, 6.45) is 0. The molecule has 0 bridgehead atoms. The van der Waals surface area contributed by atoms with Gasteiger partial charge in [-0.25, -0.2) is 0 Å². The van der Waals surface area contributed by atoms with Crippen molar-refractivity contribution in [2.45, 2.75) is 6.92 Å². The summed E-state index contributed by atoms with van der Waals surface area (Å²) in [7, 11) is 0. The maximum absolute atomic E-state index is 12.4. The molecule has 0 atom stereocenters. The number of amides is 1. The van der Waals surface area contributed by atoms with Crippen LogP contribution in [-0.4, -0.2) is 12.5 Å². The third kappa shape index (κ3) is 2.35. The minimum atomic E-state index is -0.0315. The molecule has 3 heteroatoms. The lowest BCUT2D eigenvalue weighted by Gasteiger charge is -2.22. The molecule has 0 radical (unpaired) electrons. The van der Waals surface area contributed by atoms with E-state index >= 15 is 0 Å². The van der Waals surface area contributed by atoms with Gasteiger partial charge in [-0.1, -0.05) is 30.3 Å². The fourth-order valence-corrected chi connectivity index (χ4v) is 1.89. The molecular weight excluding hydrogens is 224 g/mol. The largest absolute Gasteiger partial charge is 0.397 e. The Morgan fingerprint density at radius 2 is 1.67 bits per heavy atom. The monoisotopic (exact) mass is 240 g/mol. The summed E-state index contributed by atoms with van der Waals surface area (Å²) in [5, 5.41) is 0. The molecule has 0 aliphatic heterocycles. The van der Waals surface area contributed by atoms with Gasteiger partial charge in [0.1, 0.15) is 0 Å². The standard InChI is InChI=1S/C15H16N2O/c1-2-17(14-11-7-6-10-13(14)16)15(18)12-8-4-3-5-9-12/h3-11H,2,16H2,1H3. The van der Waals surface area contributed by atoms with Gasteiger partial charge in [-0.2, -0.15) is 0 Å². The zero-order chi connectivity index (χ0) is 13.0. The number of nitrogen functional groups attached to an aromatic ring is 1. The summed E-state index contributed by atoms with van der Waals surface area (Å²) in [4.78, 5) is 14.1. The lowest BCUT2D eigenvalue weighted by molar-refractivity contribution is 0.0988. The molecule has 0 spiro atoms. The highest BCUT2D eigenvalue weighted by Crippen LogP contribution is 2.23. The first kappa shape index (κ1) is 12.2. The van der Waals surface area contributed by atoms with Crippen LogP contribution >= 0.6 is 0 Å². The van der Waals surface area contributed by atoms with Gasteiger partial charge in [-0.05, 0) is 31.2 Å². The molecule has 0 fully saturated rings. The highest BCUT2D eigenvalue weighted by atomic mass is 16.2. The molecular formula is C15H16N2O. The fraction of sp³-hybridized carbons (Fsp3) is 0.133. The molecule has 0 unspecified atom stereocenters. The molecule has 0 saturated heterocycles.